The summed E-state index contributed by atoms with van der Waals surface area (Å²) in [5.74, 6) is -0.445. The van der Waals surface area contributed by atoms with Crippen LogP contribution in [-0.2, 0) is 21.7 Å². The van der Waals surface area contributed by atoms with Crippen molar-refractivity contribution >= 4 is 64.8 Å². The Bertz CT molecular complexity index is 1170. The van der Waals surface area contributed by atoms with Gasteiger partial charge in [0.2, 0.25) is 5.91 Å². The van der Waals surface area contributed by atoms with Crippen molar-refractivity contribution < 1.29 is 13.2 Å². The molecule has 0 unspecified atom stereocenters. The second-order valence-corrected chi connectivity index (χ2v) is 10.3. The standard InChI is InChI=1S/C18H16BrClN2O3S2/c1-22-17-14(19)4-2-5-15(17)26-18(22)21-16(23)6-3-11-27(24,25)13-9-7-12(20)8-10-13/h2,4-5,7-10H,3,6,11H2,1H3. The highest BCUT2D eigenvalue weighted by Crippen LogP contribution is 2.24. The van der Waals surface area contributed by atoms with Gasteiger partial charge in [0.1, 0.15) is 0 Å². The molecular weight excluding hydrogens is 472 g/mol. The first kappa shape index (κ1) is 20.3. The Morgan fingerprint density at radius 1 is 1.22 bits per heavy atom. The highest BCUT2D eigenvalue weighted by Gasteiger charge is 2.15. The minimum atomic E-state index is -3.44. The molecule has 0 bridgehead atoms. The molecule has 1 amide bonds. The number of nitrogens with zero attached hydrogens (tertiary/aromatic N) is 2. The Kier molecular flexibility index (Phi) is 6.20. The highest BCUT2D eigenvalue weighted by atomic mass is 79.9. The van der Waals surface area contributed by atoms with Gasteiger partial charge in [0.15, 0.2) is 14.6 Å². The van der Waals surface area contributed by atoms with Crippen LogP contribution in [0.25, 0.3) is 10.2 Å². The van der Waals surface area contributed by atoms with E-state index in [2.05, 4.69) is 20.9 Å². The molecule has 0 aliphatic rings. The smallest absolute Gasteiger partial charge is 0.248 e. The molecule has 5 nitrogen and oxygen atoms in total. The fraction of sp³-hybridized carbons (Fsp3) is 0.222. The van der Waals surface area contributed by atoms with Crippen LogP contribution in [0, 0.1) is 0 Å². The third-order valence-corrected chi connectivity index (χ3v) is 7.78. The zero-order valence-corrected chi connectivity index (χ0v) is 18.3. The Hall–Kier alpha value is -1.48. The lowest BCUT2D eigenvalue weighted by Crippen LogP contribution is -2.14. The number of carbonyl (C=O) groups excluding carboxylic acids is 1. The number of thiazole rings is 1. The van der Waals surface area contributed by atoms with E-state index < -0.39 is 9.84 Å². The van der Waals surface area contributed by atoms with Crippen LogP contribution >= 0.6 is 38.9 Å². The predicted molar refractivity (Wildman–Crippen MR) is 112 cm³/mol. The van der Waals surface area contributed by atoms with Gasteiger partial charge in [-0.15, -0.1) is 0 Å². The van der Waals surface area contributed by atoms with Crippen molar-refractivity contribution in [3.8, 4) is 0 Å². The topological polar surface area (TPSA) is 68.5 Å². The van der Waals surface area contributed by atoms with Crippen molar-refractivity contribution in [1.29, 1.82) is 0 Å². The summed E-state index contributed by atoms with van der Waals surface area (Å²) in [7, 11) is -1.59. The lowest BCUT2D eigenvalue weighted by atomic mass is 10.3. The number of hydrogen-bond donors (Lipinski definition) is 0. The van der Waals surface area contributed by atoms with Crippen molar-refractivity contribution in [1.82, 2.24) is 4.57 Å². The van der Waals surface area contributed by atoms with Gasteiger partial charge in [-0.2, -0.15) is 4.99 Å². The molecule has 3 rings (SSSR count). The first-order valence-corrected chi connectivity index (χ1v) is 11.7. The molecule has 1 aromatic heterocycles. The van der Waals surface area contributed by atoms with Gasteiger partial charge in [-0.3, -0.25) is 4.79 Å². The summed E-state index contributed by atoms with van der Waals surface area (Å²) >= 11 is 10.7. The lowest BCUT2D eigenvalue weighted by Gasteiger charge is -2.03. The van der Waals surface area contributed by atoms with Crippen LogP contribution in [0.3, 0.4) is 0 Å². The van der Waals surface area contributed by atoms with E-state index in [4.69, 9.17) is 11.6 Å². The zero-order valence-electron chi connectivity index (χ0n) is 14.4. The second kappa shape index (κ2) is 8.26. The molecule has 27 heavy (non-hydrogen) atoms. The molecule has 0 radical (unpaired) electrons. The van der Waals surface area contributed by atoms with Crippen LogP contribution in [0.15, 0.2) is 56.8 Å². The summed E-state index contributed by atoms with van der Waals surface area (Å²) in [5, 5.41) is 0.478. The van der Waals surface area contributed by atoms with Crippen molar-refractivity contribution in [2.24, 2.45) is 12.0 Å². The number of aromatic nitrogens is 1. The molecule has 0 saturated carbocycles. The molecule has 0 aliphatic carbocycles. The fourth-order valence-corrected chi connectivity index (χ4v) is 5.86. The summed E-state index contributed by atoms with van der Waals surface area (Å²) in [6.45, 7) is 0. The third kappa shape index (κ3) is 4.68. The average molecular weight is 488 g/mol. The molecule has 0 spiro atoms. The maximum Gasteiger partial charge on any atom is 0.248 e. The summed E-state index contributed by atoms with van der Waals surface area (Å²) in [6, 6.07) is 11.8. The van der Waals surface area contributed by atoms with Gasteiger partial charge < -0.3 is 4.57 Å². The number of rotatable bonds is 5. The number of amides is 1. The summed E-state index contributed by atoms with van der Waals surface area (Å²) < 4.78 is 28.4. The van der Waals surface area contributed by atoms with Crippen LogP contribution < -0.4 is 4.80 Å². The van der Waals surface area contributed by atoms with Crippen molar-refractivity contribution in [2.75, 3.05) is 5.75 Å². The summed E-state index contributed by atoms with van der Waals surface area (Å²) in [5.41, 5.74) is 0.972. The molecule has 3 aromatic rings. The summed E-state index contributed by atoms with van der Waals surface area (Å²) in [6.07, 6.45) is 0.286. The molecule has 1 heterocycles. The maximum absolute atomic E-state index is 12.3. The van der Waals surface area contributed by atoms with E-state index in [-0.39, 0.29) is 29.4 Å². The number of carbonyl (C=O) groups is 1. The number of hydrogen-bond acceptors (Lipinski definition) is 4. The Morgan fingerprint density at radius 3 is 2.59 bits per heavy atom. The molecule has 0 atom stereocenters. The number of sulfone groups is 1. The normalized spacial score (nSPS) is 12.6. The first-order chi connectivity index (χ1) is 12.8. The molecule has 0 aliphatic heterocycles. The molecule has 0 N–H and O–H groups in total. The maximum atomic E-state index is 12.3. The number of aryl methyl sites for hydroxylation is 1. The van der Waals surface area contributed by atoms with E-state index in [1.54, 1.807) is 0 Å². The minimum Gasteiger partial charge on any atom is -0.318 e. The first-order valence-electron chi connectivity index (χ1n) is 8.08. The predicted octanol–water partition coefficient (Wildman–Crippen LogP) is 4.34. The van der Waals surface area contributed by atoms with Crippen molar-refractivity contribution in [3.05, 3.63) is 56.8 Å². The van der Waals surface area contributed by atoms with E-state index in [9.17, 15) is 13.2 Å². The third-order valence-electron chi connectivity index (χ3n) is 3.97. The van der Waals surface area contributed by atoms with Crippen molar-refractivity contribution in [3.63, 3.8) is 0 Å². The van der Waals surface area contributed by atoms with Crippen LogP contribution in [0.1, 0.15) is 12.8 Å². The van der Waals surface area contributed by atoms with E-state index in [0.29, 0.717) is 9.82 Å². The number of para-hydroxylation sites is 1. The molecule has 9 heteroatoms. The van der Waals surface area contributed by atoms with Crippen LogP contribution in [0.5, 0.6) is 0 Å². The molecule has 2 aromatic carbocycles. The van der Waals surface area contributed by atoms with E-state index in [1.165, 1.54) is 35.6 Å². The highest BCUT2D eigenvalue weighted by molar-refractivity contribution is 9.10. The van der Waals surface area contributed by atoms with Gasteiger partial charge in [0.05, 0.1) is 20.9 Å². The Labute approximate surface area is 174 Å². The largest absolute Gasteiger partial charge is 0.318 e. The van der Waals surface area contributed by atoms with Crippen LogP contribution in [-0.4, -0.2) is 24.6 Å². The summed E-state index contributed by atoms with van der Waals surface area (Å²) in [4.78, 5) is 17.1. The second-order valence-electron chi connectivity index (χ2n) is 5.91. The van der Waals surface area contributed by atoms with Gasteiger partial charge >= 0.3 is 0 Å². The number of fused-ring (bicyclic) bond motifs is 1. The van der Waals surface area contributed by atoms with Gasteiger partial charge in [0, 0.05) is 23.0 Å². The zero-order chi connectivity index (χ0) is 19.6. The number of benzene rings is 2. The van der Waals surface area contributed by atoms with Gasteiger partial charge in [-0.25, -0.2) is 8.42 Å². The van der Waals surface area contributed by atoms with Crippen molar-refractivity contribution in [2.45, 2.75) is 17.7 Å². The minimum absolute atomic E-state index is 0.0717. The molecular formula is C18H16BrClN2O3S2. The van der Waals surface area contributed by atoms with Crippen LogP contribution in [0.2, 0.25) is 5.02 Å². The molecule has 0 fully saturated rings. The SMILES string of the molecule is Cn1c(=NC(=O)CCCS(=O)(=O)c2ccc(Cl)cc2)sc2cccc(Br)c21. The van der Waals surface area contributed by atoms with Gasteiger partial charge in [-0.1, -0.05) is 29.0 Å². The van der Waals surface area contributed by atoms with Gasteiger partial charge in [0.25, 0.3) is 0 Å². The Balaban J connectivity index is 1.70. The number of halogens is 2. The fourth-order valence-electron chi connectivity index (χ4n) is 2.60. The molecule has 0 saturated heterocycles. The van der Waals surface area contributed by atoms with Gasteiger partial charge in [-0.05, 0) is 58.7 Å². The average Bonchev–Trinajstić information content (AvgIpc) is 2.92. The monoisotopic (exact) mass is 486 g/mol. The van der Waals surface area contributed by atoms with E-state index >= 15 is 0 Å². The van der Waals surface area contributed by atoms with Crippen LogP contribution in [0.4, 0.5) is 0 Å². The lowest BCUT2D eigenvalue weighted by molar-refractivity contribution is -0.118. The van der Waals surface area contributed by atoms with E-state index in [0.717, 1.165) is 14.7 Å². The molecule has 142 valence electrons. The Morgan fingerprint density at radius 2 is 1.93 bits per heavy atom. The van der Waals surface area contributed by atoms with E-state index in [1.807, 2.05) is 29.8 Å². The quantitative estimate of drug-likeness (QED) is 0.538.